The van der Waals surface area contributed by atoms with Crippen molar-refractivity contribution >= 4 is 5.91 Å². The van der Waals surface area contributed by atoms with Gasteiger partial charge in [0.1, 0.15) is 0 Å². The summed E-state index contributed by atoms with van der Waals surface area (Å²) < 4.78 is 1.82. The second kappa shape index (κ2) is 5.12. The van der Waals surface area contributed by atoms with Crippen molar-refractivity contribution in [3.8, 4) is 0 Å². The van der Waals surface area contributed by atoms with Gasteiger partial charge in [-0.25, -0.2) is 0 Å². The van der Waals surface area contributed by atoms with Gasteiger partial charge in [0.05, 0.1) is 5.69 Å². The molecule has 90 valence electrons. The van der Waals surface area contributed by atoms with Crippen LogP contribution in [0.4, 0.5) is 0 Å². The second-order valence-electron chi connectivity index (χ2n) is 4.13. The summed E-state index contributed by atoms with van der Waals surface area (Å²) in [5.74, 6) is -0.151. The maximum Gasteiger partial charge on any atom is 0.224 e. The summed E-state index contributed by atoms with van der Waals surface area (Å²) in [5, 5.41) is 7.17. The number of hydrogen-bond donors (Lipinski definition) is 2. The Bertz CT molecular complexity index is 384. The van der Waals surface area contributed by atoms with E-state index in [4.69, 9.17) is 5.73 Å². The van der Waals surface area contributed by atoms with Gasteiger partial charge in [-0.05, 0) is 13.8 Å². The van der Waals surface area contributed by atoms with Gasteiger partial charge in [-0.15, -0.1) is 0 Å². The van der Waals surface area contributed by atoms with Crippen LogP contribution in [0.15, 0.2) is 0 Å². The summed E-state index contributed by atoms with van der Waals surface area (Å²) in [6.07, 6.45) is 0. The number of amides is 1. The lowest BCUT2D eigenvalue weighted by atomic mass is 10.1. The Labute approximate surface area is 96.0 Å². The molecule has 1 unspecified atom stereocenters. The fourth-order valence-corrected chi connectivity index (χ4v) is 1.53. The molecule has 1 aromatic heterocycles. The third kappa shape index (κ3) is 2.61. The van der Waals surface area contributed by atoms with Crippen LogP contribution in [0.3, 0.4) is 0 Å². The first-order valence-corrected chi connectivity index (χ1v) is 5.44. The van der Waals surface area contributed by atoms with Gasteiger partial charge in [0.15, 0.2) is 0 Å². The molecular weight excluding hydrogens is 204 g/mol. The third-order valence-electron chi connectivity index (χ3n) is 2.90. The number of nitrogens with one attached hydrogen (secondary N) is 1. The van der Waals surface area contributed by atoms with Crippen molar-refractivity contribution in [1.29, 1.82) is 0 Å². The fraction of sp³-hybridized carbons (Fsp3) is 0.636. The van der Waals surface area contributed by atoms with Crippen molar-refractivity contribution in [2.24, 2.45) is 18.7 Å². The lowest BCUT2D eigenvalue weighted by Gasteiger charge is -2.10. The highest BCUT2D eigenvalue weighted by Crippen LogP contribution is 2.11. The van der Waals surface area contributed by atoms with Gasteiger partial charge in [0, 0.05) is 37.3 Å². The molecule has 0 saturated heterocycles. The normalized spacial score (nSPS) is 12.6. The van der Waals surface area contributed by atoms with Crippen molar-refractivity contribution in [3.63, 3.8) is 0 Å². The first-order valence-electron chi connectivity index (χ1n) is 5.44. The number of nitrogens with two attached hydrogens (primary N) is 1. The summed E-state index contributed by atoms with van der Waals surface area (Å²) >= 11 is 0. The molecule has 1 aromatic rings. The molecule has 0 aliphatic carbocycles. The Kier molecular flexibility index (Phi) is 4.06. The molecule has 0 bridgehead atoms. The molecule has 16 heavy (non-hydrogen) atoms. The van der Waals surface area contributed by atoms with Gasteiger partial charge in [-0.3, -0.25) is 9.48 Å². The van der Waals surface area contributed by atoms with Crippen molar-refractivity contribution in [1.82, 2.24) is 15.1 Å². The Morgan fingerprint density at radius 1 is 1.56 bits per heavy atom. The van der Waals surface area contributed by atoms with Crippen LogP contribution in [0.5, 0.6) is 0 Å². The number of carbonyl (C=O) groups excluding carboxylic acids is 1. The molecule has 1 amide bonds. The third-order valence-corrected chi connectivity index (χ3v) is 2.90. The van der Waals surface area contributed by atoms with Crippen LogP contribution in [0.2, 0.25) is 0 Å². The minimum absolute atomic E-state index is 0.00912. The fourth-order valence-electron chi connectivity index (χ4n) is 1.53. The molecule has 5 heteroatoms. The minimum Gasteiger partial charge on any atom is -0.352 e. The average molecular weight is 224 g/mol. The summed E-state index contributed by atoms with van der Waals surface area (Å²) in [5.41, 5.74) is 8.55. The zero-order chi connectivity index (χ0) is 12.3. The molecule has 5 nitrogen and oxygen atoms in total. The molecule has 0 spiro atoms. The molecule has 0 saturated carbocycles. The second-order valence-corrected chi connectivity index (χ2v) is 4.13. The largest absolute Gasteiger partial charge is 0.352 e. The highest BCUT2D eigenvalue weighted by molar-refractivity contribution is 5.78. The first kappa shape index (κ1) is 12.7. The van der Waals surface area contributed by atoms with E-state index in [1.54, 1.807) is 0 Å². The van der Waals surface area contributed by atoms with E-state index in [1.807, 2.05) is 32.5 Å². The number of carbonyl (C=O) groups is 1. The molecule has 0 aromatic carbocycles. The quantitative estimate of drug-likeness (QED) is 0.770. The van der Waals surface area contributed by atoms with E-state index in [-0.39, 0.29) is 11.8 Å². The molecular formula is C11H20N4O. The number of aromatic nitrogens is 2. The predicted molar refractivity (Wildman–Crippen MR) is 62.7 cm³/mol. The van der Waals surface area contributed by atoms with E-state index in [0.29, 0.717) is 13.1 Å². The van der Waals surface area contributed by atoms with Crippen LogP contribution in [0.25, 0.3) is 0 Å². The zero-order valence-electron chi connectivity index (χ0n) is 10.4. The Morgan fingerprint density at radius 2 is 2.19 bits per heavy atom. The van der Waals surface area contributed by atoms with E-state index in [9.17, 15) is 4.79 Å². The lowest BCUT2D eigenvalue weighted by Crippen LogP contribution is -2.33. The van der Waals surface area contributed by atoms with Crippen LogP contribution in [0.1, 0.15) is 23.9 Å². The van der Waals surface area contributed by atoms with Crippen molar-refractivity contribution < 1.29 is 4.79 Å². The average Bonchev–Trinajstić information content (AvgIpc) is 2.49. The number of nitrogens with zero attached hydrogens (tertiary/aromatic N) is 2. The Balaban J connectivity index is 2.65. The lowest BCUT2D eigenvalue weighted by molar-refractivity contribution is -0.124. The Morgan fingerprint density at radius 3 is 2.62 bits per heavy atom. The van der Waals surface area contributed by atoms with Crippen LogP contribution >= 0.6 is 0 Å². The summed E-state index contributed by atoms with van der Waals surface area (Å²) in [6, 6.07) is 0. The minimum atomic E-state index is -0.141. The van der Waals surface area contributed by atoms with E-state index < -0.39 is 0 Å². The van der Waals surface area contributed by atoms with E-state index in [1.165, 1.54) is 0 Å². The molecule has 1 atom stereocenters. The predicted octanol–water partition coefficient (Wildman–Crippen LogP) is 0.248. The van der Waals surface area contributed by atoms with E-state index in [0.717, 1.165) is 17.0 Å². The molecule has 3 N–H and O–H groups in total. The van der Waals surface area contributed by atoms with Crippen molar-refractivity contribution in [3.05, 3.63) is 17.0 Å². The molecule has 0 fully saturated rings. The van der Waals surface area contributed by atoms with E-state index >= 15 is 0 Å². The van der Waals surface area contributed by atoms with Crippen molar-refractivity contribution in [2.45, 2.75) is 27.3 Å². The number of hydrogen-bond acceptors (Lipinski definition) is 3. The molecule has 0 aliphatic heterocycles. The van der Waals surface area contributed by atoms with Gasteiger partial charge in [0.2, 0.25) is 5.91 Å². The van der Waals surface area contributed by atoms with Crippen LogP contribution < -0.4 is 11.1 Å². The van der Waals surface area contributed by atoms with Crippen LogP contribution in [0, 0.1) is 19.8 Å². The molecule has 1 heterocycles. The SMILES string of the molecule is Cc1nn(C)c(C)c1CNC(=O)C(C)CN. The molecule has 0 aliphatic rings. The summed E-state index contributed by atoms with van der Waals surface area (Å²) in [6.45, 7) is 6.65. The zero-order valence-corrected chi connectivity index (χ0v) is 10.4. The maximum atomic E-state index is 11.6. The highest BCUT2D eigenvalue weighted by atomic mass is 16.1. The number of rotatable bonds is 4. The Hall–Kier alpha value is -1.36. The summed E-state index contributed by atoms with van der Waals surface area (Å²) in [4.78, 5) is 11.6. The van der Waals surface area contributed by atoms with Crippen LogP contribution in [-0.4, -0.2) is 22.2 Å². The smallest absolute Gasteiger partial charge is 0.224 e. The van der Waals surface area contributed by atoms with Crippen LogP contribution in [-0.2, 0) is 18.4 Å². The standard InChI is InChI=1S/C11H20N4O/c1-7(5-12)11(16)13-6-10-8(2)14-15(4)9(10)3/h7H,5-6,12H2,1-4H3,(H,13,16). The topological polar surface area (TPSA) is 72.9 Å². The maximum absolute atomic E-state index is 11.6. The van der Waals surface area contributed by atoms with Gasteiger partial charge < -0.3 is 11.1 Å². The van der Waals surface area contributed by atoms with Crippen molar-refractivity contribution in [2.75, 3.05) is 6.54 Å². The van der Waals surface area contributed by atoms with Gasteiger partial charge >= 0.3 is 0 Å². The monoisotopic (exact) mass is 224 g/mol. The van der Waals surface area contributed by atoms with E-state index in [2.05, 4.69) is 10.4 Å². The van der Waals surface area contributed by atoms with Gasteiger partial charge in [-0.2, -0.15) is 5.10 Å². The van der Waals surface area contributed by atoms with Gasteiger partial charge in [-0.1, -0.05) is 6.92 Å². The van der Waals surface area contributed by atoms with Gasteiger partial charge in [0.25, 0.3) is 0 Å². The summed E-state index contributed by atoms with van der Waals surface area (Å²) in [7, 11) is 1.90. The molecule has 1 rings (SSSR count). The molecule has 0 radical (unpaired) electrons. The highest BCUT2D eigenvalue weighted by Gasteiger charge is 2.13. The number of aryl methyl sites for hydroxylation is 2. The first-order chi connectivity index (χ1) is 7.47.